The zero-order valence-electron chi connectivity index (χ0n) is 9.51. The second-order valence-electron chi connectivity index (χ2n) is 3.33. The Morgan fingerprint density at radius 3 is 1.85 bits per heavy atom. The monoisotopic (exact) mass is 220 g/mol. The van der Waals surface area contributed by atoms with E-state index in [0.717, 1.165) is 6.61 Å². The lowest BCUT2D eigenvalue weighted by Crippen LogP contribution is -2.21. The minimum absolute atomic E-state index is 0.832. The van der Waals surface area contributed by atoms with Gasteiger partial charge in [-0.3, -0.25) is 0 Å². The average molecular weight is 220 g/mol. The van der Waals surface area contributed by atoms with E-state index < -0.39 is 18.1 Å². The highest BCUT2D eigenvalue weighted by molar-refractivity contribution is 6.57. The summed E-state index contributed by atoms with van der Waals surface area (Å²) < 4.78 is 11.2. The van der Waals surface area contributed by atoms with Crippen molar-refractivity contribution in [3.8, 4) is 0 Å². The van der Waals surface area contributed by atoms with E-state index >= 15 is 0 Å². The Hall–Kier alpha value is 0.354. The fourth-order valence-electron chi connectivity index (χ4n) is 1.50. The minimum atomic E-state index is -0.842. The molecule has 0 aliphatic rings. The van der Waals surface area contributed by atoms with E-state index in [-0.39, 0.29) is 0 Å². The molecule has 0 amide bonds. The Bertz CT molecular complexity index is 108. The lowest BCUT2D eigenvalue weighted by atomic mass is 10.9. The first kappa shape index (κ1) is 13.4. The van der Waals surface area contributed by atoms with Crippen LogP contribution in [0.5, 0.6) is 0 Å². The number of hydrogen-bond acceptors (Lipinski definition) is 2. The van der Waals surface area contributed by atoms with Crippen LogP contribution in [0.1, 0.15) is 20.8 Å². The van der Waals surface area contributed by atoms with Crippen molar-refractivity contribution < 1.29 is 8.85 Å². The summed E-state index contributed by atoms with van der Waals surface area (Å²) >= 11 is 0. The van der Waals surface area contributed by atoms with Gasteiger partial charge in [0, 0.05) is 13.7 Å². The number of rotatable bonds is 8. The van der Waals surface area contributed by atoms with Gasteiger partial charge in [-0.2, -0.15) is 0 Å². The molecule has 2 nitrogen and oxygen atoms in total. The Balaban J connectivity index is 3.56. The molecule has 0 spiro atoms. The molecule has 4 heteroatoms. The van der Waals surface area contributed by atoms with E-state index in [1.807, 2.05) is 7.11 Å². The molecule has 0 aromatic carbocycles. The molecule has 0 rings (SSSR count). The lowest BCUT2D eigenvalue weighted by Gasteiger charge is -2.16. The Morgan fingerprint density at radius 1 is 0.923 bits per heavy atom. The molecule has 0 saturated carbocycles. The van der Waals surface area contributed by atoms with Gasteiger partial charge in [0.15, 0.2) is 18.1 Å². The summed E-state index contributed by atoms with van der Waals surface area (Å²) in [7, 11) is 0.190. The summed E-state index contributed by atoms with van der Waals surface area (Å²) in [6.07, 6.45) is 0. The predicted octanol–water partition coefficient (Wildman–Crippen LogP) is 2.16. The molecule has 2 unspecified atom stereocenters. The van der Waals surface area contributed by atoms with Crippen molar-refractivity contribution in [1.82, 2.24) is 0 Å². The molecule has 0 N–H and O–H groups in total. The molecule has 0 aliphatic heterocycles. The summed E-state index contributed by atoms with van der Waals surface area (Å²) in [5, 5.41) is 0. The summed E-state index contributed by atoms with van der Waals surface area (Å²) in [6.45, 7) is 7.49. The molecular weight excluding hydrogens is 196 g/mol. The fourth-order valence-corrected chi connectivity index (χ4v) is 6.74. The number of hydrogen-bond donors (Lipinski definition) is 0. The molecule has 0 radical (unpaired) electrons. The van der Waals surface area contributed by atoms with E-state index in [4.69, 9.17) is 8.85 Å². The third-order valence-corrected chi connectivity index (χ3v) is 8.37. The molecule has 0 aromatic rings. The van der Waals surface area contributed by atoms with E-state index in [0.29, 0.717) is 0 Å². The van der Waals surface area contributed by atoms with Gasteiger partial charge in [-0.25, -0.2) is 0 Å². The predicted molar refractivity (Wildman–Crippen MR) is 63.5 cm³/mol. The second kappa shape index (κ2) is 8.93. The molecule has 0 fully saturated rings. The molecule has 2 atom stereocenters. The maximum absolute atomic E-state index is 5.74. The Kier molecular flexibility index (Phi) is 9.17. The highest BCUT2D eigenvalue weighted by Gasteiger charge is 2.13. The molecule has 80 valence electrons. The maximum Gasteiger partial charge on any atom is 0.176 e. The summed E-state index contributed by atoms with van der Waals surface area (Å²) in [5.74, 6) is 0. The second-order valence-corrected chi connectivity index (χ2v) is 9.41. The molecular formula is C9H24O2Si2. The average Bonchev–Trinajstić information content (AvgIpc) is 2.17. The van der Waals surface area contributed by atoms with Gasteiger partial charge in [0.05, 0.1) is 0 Å². The van der Waals surface area contributed by atoms with Crippen LogP contribution < -0.4 is 0 Å². The molecule has 0 bridgehead atoms. The van der Waals surface area contributed by atoms with E-state index in [2.05, 4.69) is 20.8 Å². The van der Waals surface area contributed by atoms with Crippen LogP contribution in [-0.4, -0.2) is 31.8 Å². The van der Waals surface area contributed by atoms with Gasteiger partial charge in [0.25, 0.3) is 0 Å². The van der Waals surface area contributed by atoms with Crippen LogP contribution in [0.3, 0.4) is 0 Å². The molecule has 0 heterocycles. The van der Waals surface area contributed by atoms with Gasteiger partial charge in [-0.05, 0) is 31.1 Å². The molecule has 13 heavy (non-hydrogen) atoms. The highest BCUT2D eigenvalue weighted by atomic mass is 28.3. The van der Waals surface area contributed by atoms with E-state index in [1.165, 1.54) is 24.2 Å². The zero-order valence-corrected chi connectivity index (χ0v) is 11.8. The third-order valence-electron chi connectivity index (χ3n) is 2.46. The highest BCUT2D eigenvalue weighted by Crippen LogP contribution is 2.10. The normalized spacial score (nSPS) is 15.7. The topological polar surface area (TPSA) is 18.5 Å². The van der Waals surface area contributed by atoms with E-state index in [1.54, 1.807) is 0 Å². The summed E-state index contributed by atoms with van der Waals surface area (Å²) in [6, 6.07) is 5.16. The van der Waals surface area contributed by atoms with Gasteiger partial charge in [0.2, 0.25) is 0 Å². The summed E-state index contributed by atoms with van der Waals surface area (Å²) in [4.78, 5) is 0. The third kappa shape index (κ3) is 6.43. The first-order valence-electron chi connectivity index (χ1n) is 5.42. The van der Waals surface area contributed by atoms with E-state index in [9.17, 15) is 0 Å². The van der Waals surface area contributed by atoms with Crippen molar-refractivity contribution in [1.29, 1.82) is 0 Å². The first-order chi connectivity index (χ1) is 6.28. The van der Waals surface area contributed by atoms with Crippen LogP contribution in [0.2, 0.25) is 24.2 Å². The van der Waals surface area contributed by atoms with Crippen molar-refractivity contribution in [2.75, 3.05) is 13.7 Å². The maximum atomic E-state index is 5.74. The Labute approximate surface area is 86.1 Å². The van der Waals surface area contributed by atoms with Crippen molar-refractivity contribution in [3.63, 3.8) is 0 Å². The van der Waals surface area contributed by atoms with Crippen LogP contribution in [0.4, 0.5) is 0 Å². The van der Waals surface area contributed by atoms with Crippen molar-refractivity contribution in [2.24, 2.45) is 0 Å². The van der Waals surface area contributed by atoms with Crippen molar-refractivity contribution in [3.05, 3.63) is 0 Å². The van der Waals surface area contributed by atoms with Gasteiger partial charge >= 0.3 is 0 Å². The standard InChI is InChI=1S/C9H24O2Si2/c1-5-11-13(7-3)9-8-12(6-2)10-4/h12-13H,5-9H2,1-4H3. The largest absolute Gasteiger partial charge is 0.423 e. The zero-order chi connectivity index (χ0) is 10.1. The van der Waals surface area contributed by atoms with Gasteiger partial charge in [-0.1, -0.05) is 13.8 Å². The Morgan fingerprint density at radius 2 is 1.46 bits per heavy atom. The van der Waals surface area contributed by atoms with Crippen LogP contribution in [0.25, 0.3) is 0 Å². The fraction of sp³-hybridized carbons (Fsp3) is 1.00. The van der Waals surface area contributed by atoms with Crippen LogP contribution in [-0.2, 0) is 8.85 Å². The van der Waals surface area contributed by atoms with Gasteiger partial charge in [0.1, 0.15) is 0 Å². The van der Waals surface area contributed by atoms with Gasteiger partial charge in [-0.15, -0.1) is 0 Å². The quantitative estimate of drug-likeness (QED) is 0.584. The van der Waals surface area contributed by atoms with Gasteiger partial charge < -0.3 is 8.85 Å². The van der Waals surface area contributed by atoms with Crippen LogP contribution in [0, 0.1) is 0 Å². The smallest absolute Gasteiger partial charge is 0.176 e. The van der Waals surface area contributed by atoms with Crippen LogP contribution in [0.15, 0.2) is 0 Å². The molecule has 0 aromatic heterocycles. The molecule has 0 aliphatic carbocycles. The summed E-state index contributed by atoms with van der Waals surface area (Å²) in [5.41, 5.74) is 0. The van der Waals surface area contributed by atoms with Crippen LogP contribution >= 0.6 is 0 Å². The lowest BCUT2D eigenvalue weighted by molar-refractivity contribution is 0.342. The SMILES string of the molecule is CCO[SiH](CC)CC[SiH](CC)OC. The minimum Gasteiger partial charge on any atom is -0.423 e. The molecule has 0 saturated heterocycles. The van der Waals surface area contributed by atoms with Crippen molar-refractivity contribution >= 4 is 18.1 Å². The first-order valence-corrected chi connectivity index (χ1v) is 9.63. The van der Waals surface area contributed by atoms with Crippen molar-refractivity contribution in [2.45, 2.75) is 44.9 Å².